The SMILES string of the molecule is C=CCOc1nc(Nc2ccc(OC)cc2CO)nc(Nc2cc(S(=O)(=O)O)cc3ccc(N=Nc4ccccc4S(N)(=O)=O)c(O)c23)n1. The molecule has 0 saturated carbocycles. The molecule has 0 unspecified atom stereocenters. The van der Waals surface area contributed by atoms with Crippen LogP contribution in [0.4, 0.5) is 34.6 Å². The molecule has 7 N–H and O–H groups in total. The topological polar surface area (TPSA) is 261 Å². The van der Waals surface area contributed by atoms with Gasteiger partial charge in [-0.3, -0.25) is 4.55 Å². The summed E-state index contributed by atoms with van der Waals surface area (Å²) >= 11 is 0. The van der Waals surface area contributed by atoms with E-state index in [1.165, 1.54) is 49.6 Å². The molecule has 0 saturated heterocycles. The normalized spacial score (nSPS) is 11.8. The van der Waals surface area contributed by atoms with E-state index < -0.39 is 30.8 Å². The predicted molar refractivity (Wildman–Crippen MR) is 178 cm³/mol. The van der Waals surface area contributed by atoms with Gasteiger partial charge in [-0.1, -0.05) is 30.9 Å². The molecule has 254 valence electrons. The lowest BCUT2D eigenvalue weighted by Gasteiger charge is -2.15. The van der Waals surface area contributed by atoms with Gasteiger partial charge < -0.3 is 30.3 Å². The molecule has 0 radical (unpaired) electrons. The summed E-state index contributed by atoms with van der Waals surface area (Å²) < 4.78 is 69.0. The molecule has 0 aliphatic heterocycles. The number of phenolic OH excluding ortho intramolecular Hbond substituents is 1. The van der Waals surface area contributed by atoms with E-state index in [1.54, 1.807) is 18.2 Å². The zero-order valence-electron chi connectivity index (χ0n) is 25.5. The van der Waals surface area contributed by atoms with Crippen molar-refractivity contribution >= 4 is 65.6 Å². The number of fused-ring (bicyclic) bond motifs is 1. The first-order valence-corrected chi connectivity index (χ1v) is 16.9. The van der Waals surface area contributed by atoms with Crippen LogP contribution in [0.15, 0.2) is 99.4 Å². The Kier molecular flexibility index (Phi) is 10.0. The van der Waals surface area contributed by atoms with Crippen molar-refractivity contribution in [3.05, 3.63) is 84.9 Å². The first-order valence-electron chi connectivity index (χ1n) is 13.9. The highest BCUT2D eigenvalue weighted by molar-refractivity contribution is 7.89. The number of aromatic hydroxyl groups is 1. The van der Waals surface area contributed by atoms with Crippen molar-refractivity contribution in [2.75, 3.05) is 24.4 Å². The molecule has 0 aliphatic carbocycles. The zero-order valence-corrected chi connectivity index (χ0v) is 27.1. The van der Waals surface area contributed by atoms with E-state index >= 15 is 0 Å². The van der Waals surface area contributed by atoms with E-state index in [4.69, 9.17) is 14.6 Å². The Morgan fingerprint density at radius 1 is 0.918 bits per heavy atom. The Labute approximate surface area is 279 Å². The molecule has 1 aromatic heterocycles. The monoisotopic (exact) mass is 708 g/mol. The summed E-state index contributed by atoms with van der Waals surface area (Å²) in [5.41, 5.74) is 0.544. The molecule has 0 spiro atoms. The van der Waals surface area contributed by atoms with Crippen molar-refractivity contribution in [3.8, 4) is 17.5 Å². The van der Waals surface area contributed by atoms with Gasteiger partial charge in [0.2, 0.25) is 21.9 Å². The maximum Gasteiger partial charge on any atom is 0.323 e. The number of nitrogens with zero attached hydrogens (tertiary/aromatic N) is 5. The minimum atomic E-state index is -4.75. The summed E-state index contributed by atoms with van der Waals surface area (Å²) in [6, 6.07) is 15.1. The summed E-state index contributed by atoms with van der Waals surface area (Å²) in [6.07, 6.45) is 1.45. The molecule has 5 rings (SSSR count). The molecule has 5 aromatic rings. The van der Waals surface area contributed by atoms with Crippen molar-refractivity contribution in [2.24, 2.45) is 15.4 Å². The Balaban J connectivity index is 1.62. The zero-order chi connectivity index (χ0) is 35.3. The summed E-state index contributed by atoms with van der Waals surface area (Å²) in [6.45, 7) is 3.26. The lowest BCUT2D eigenvalue weighted by Crippen LogP contribution is -2.12. The van der Waals surface area contributed by atoms with Gasteiger partial charge in [-0.2, -0.15) is 23.4 Å². The number of nitrogens with two attached hydrogens (primary N) is 1. The summed E-state index contributed by atoms with van der Waals surface area (Å²) in [5, 5.41) is 40.4. The van der Waals surface area contributed by atoms with E-state index in [1.807, 2.05) is 0 Å². The highest BCUT2D eigenvalue weighted by atomic mass is 32.2. The molecule has 0 bridgehead atoms. The number of ether oxygens (including phenoxy) is 2. The fourth-order valence-corrected chi connectivity index (χ4v) is 5.69. The predicted octanol–water partition coefficient (Wildman–Crippen LogP) is 4.59. The second-order valence-corrected chi connectivity index (χ2v) is 12.9. The lowest BCUT2D eigenvalue weighted by atomic mass is 10.1. The minimum Gasteiger partial charge on any atom is -0.505 e. The van der Waals surface area contributed by atoms with E-state index in [-0.39, 0.29) is 63.9 Å². The van der Waals surface area contributed by atoms with Crippen LogP contribution < -0.4 is 25.2 Å². The maximum atomic E-state index is 12.2. The van der Waals surface area contributed by atoms with Crippen LogP contribution >= 0.6 is 0 Å². The third-order valence-corrected chi connectivity index (χ3v) is 8.49. The van der Waals surface area contributed by atoms with Gasteiger partial charge in [0.25, 0.3) is 10.1 Å². The van der Waals surface area contributed by atoms with E-state index in [2.05, 4.69) is 42.4 Å². The standard InChI is InChI=1S/C30H28N8O9S2/c1-3-12-47-30-35-28(32-21-11-9-19(46-2)13-18(21)16-39)34-29(36-30)33-24-15-20(49(43,44)45)14-17-8-10-23(27(40)26(17)24)38-37-22-6-4-5-7-25(22)48(31,41)42/h3-11,13-15,39-40H,1,12,16H2,2H3,(H2,31,41,42)(H,43,44,45)(H2,32,33,34,35,36). The number of primary sulfonamides is 1. The number of benzene rings is 4. The average Bonchev–Trinajstić information content (AvgIpc) is 3.06. The second kappa shape index (κ2) is 14.2. The Hall–Kier alpha value is -5.73. The Morgan fingerprint density at radius 3 is 2.27 bits per heavy atom. The van der Waals surface area contributed by atoms with Crippen LogP contribution in [-0.4, -0.2) is 60.3 Å². The summed E-state index contributed by atoms with van der Waals surface area (Å²) in [4.78, 5) is 12.0. The van der Waals surface area contributed by atoms with Crippen LogP contribution in [0.3, 0.4) is 0 Å². The fourth-order valence-electron chi connectivity index (χ4n) is 4.48. The average molecular weight is 709 g/mol. The fraction of sp³-hybridized carbons (Fsp3) is 0.100. The number of anilines is 4. The molecule has 0 atom stereocenters. The number of sulfonamides is 1. The number of phenols is 1. The van der Waals surface area contributed by atoms with Crippen LogP contribution in [0, 0.1) is 0 Å². The third kappa shape index (κ3) is 8.05. The number of hydrogen-bond donors (Lipinski definition) is 6. The maximum absolute atomic E-state index is 12.2. The number of hydrogen-bond acceptors (Lipinski definition) is 15. The van der Waals surface area contributed by atoms with Crippen LogP contribution in [0.25, 0.3) is 10.8 Å². The molecule has 19 heteroatoms. The van der Waals surface area contributed by atoms with Crippen molar-refractivity contribution < 1.29 is 41.1 Å². The van der Waals surface area contributed by atoms with Gasteiger partial charge in [-0.25, -0.2) is 13.6 Å². The second-order valence-electron chi connectivity index (χ2n) is 9.99. The van der Waals surface area contributed by atoms with Crippen LogP contribution in [0.2, 0.25) is 0 Å². The molecule has 49 heavy (non-hydrogen) atoms. The van der Waals surface area contributed by atoms with E-state index in [0.29, 0.717) is 17.0 Å². The lowest BCUT2D eigenvalue weighted by molar-refractivity contribution is 0.281. The quantitative estimate of drug-likeness (QED) is 0.0555. The van der Waals surface area contributed by atoms with Crippen molar-refractivity contribution in [3.63, 3.8) is 0 Å². The number of rotatable bonds is 13. The van der Waals surface area contributed by atoms with Gasteiger partial charge in [0.1, 0.15) is 28.6 Å². The number of azo groups is 1. The van der Waals surface area contributed by atoms with Crippen molar-refractivity contribution in [1.82, 2.24) is 15.0 Å². The molecule has 1 heterocycles. The first kappa shape index (κ1) is 34.6. The first-order chi connectivity index (χ1) is 23.3. The van der Waals surface area contributed by atoms with Crippen molar-refractivity contribution in [1.29, 1.82) is 0 Å². The van der Waals surface area contributed by atoms with Gasteiger partial charge in [0, 0.05) is 16.6 Å². The molecule has 17 nitrogen and oxygen atoms in total. The summed E-state index contributed by atoms with van der Waals surface area (Å²) in [7, 11) is -7.41. The molecule has 0 amide bonds. The Bertz CT molecular complexity index is 2320. The molecule has 4 aromatic carbocycles. The van der Waals surface area contributed by atoms with Crippen LogP contribution in [0.5, 0.6) is 17.5 Å². The summed E-state index contributed by atoms with van der Waals surface area (Å²) in [5.74, 6) is -0.252. The van der Waals surface area contributed by atoms with Gasteiger partial charge >= 0.3 is 6.01 Å². The van der Waals surface area contributed by atoms with Gasteiger partial charge in [0.05, 0.1) is 24.3 Å². The third-order valence-electron chi connectivity index (χ3n) is 6.70. The number of aliphatic hydroxyl groups excluding tert-OH is 1. The number of methoxy groups -OCH3 is 1. The van der Waals surface area contributed by atoms with Gasteiger partial charge in [-0.05, 0) is 53.9 Å². The Morgan fingerprint density at radius 2 is 1.61 bits per heavy atom. The number of nitrogens with one attached hydrogen (secondary N) is 2. The largest absolute Gasteiger partial charge is 0.505 e. The number of aliphatic hydroxyl groups is 1. The van der Waals surface area contributed by atoms with Gasteiger partial charge in [-0.15, -0.1) is 10.2 Å². The minimum absolute atomic E-state index is 0.00443. The smallest absolute Gasteiger partial charge is 0.323 e. The highest BCUT2D eigenvalue weighted by Crippen LogP contribution is 2.42. The van der Waals surface area contributed by atoms with E-state index in [9.17, 15) is 31.6 Å². The molecule has 0 fully saturated rings. The molecule has 0 aliphatic rings. The van der Waals surface area contributed by atoms with Crippen LogP contribution in [-0.2, 0) is 26.7 Å². The van der Waals surface area contributed by atoms with E-state index in [0.717, 1.165) is 12.1 Å². The number of aromatic nitrogens is 3. The van der Waals surface area contributed by atoms with Crippen molar-refractivity contribution in [2.45, 2.75) is 16.4 Å². The molecular formula is C30H28N8O9S2. The highest BCUT2D eigenvalue weighted by Gasteiger charge is 2.20. The van der Waals surface area contributed by atoms with Crippen LogP contribution in [0.1, 0.15) is 5.56 Å². The van der Waals surface area contributed by atoms with Gasteiger partial charge in [0.15, 0.2) is 5.75 Å². The molecular weight excluding hydrogens is 681 g/mol.